The summed E-state index contributed by atoms with van der Waals surface area (Å²) in [5.41, 5.74) is 3.50. The van der Waals surface area contributed by atoms with Crippen LogP contribution in [-0.4, -0.2) is 11.1 Å². The van der Waals surface area contributed by atoms with Crippen molar-refractivity contribution in [3.8, 4) is 5.75 Å². The number of carboxylic acids is 1. The lowest BCUT2D eigenvalue weighted by molar-refractivity contribution is -0.131. The normalized spacial score (nSPS) is 15.2. The second kappa shape index (κ2) is 9.39. The molecule has 4 rings (SSSR count). The molecule has 3 aromatic rings. The maximum absolute atomic E-state index is 10.1. The van der Waals surface area contributed by atoms with Crippen LogP contribution in [0.25, 0.3) is 6.08 Å². The molecule has 1 unspecified atom stereocenters. The van der Waals surface area contributed by atoms with E-state index >= 15 is 0 Å². The first-order valence-corrected chi connectivity index (χ1v) is 8.98. The number of carboxylic acid groups (broad SMARTS) is 1. The molecule has 3 heteroatoms. The van der Waals surface area contributed by atoms with Crippen molar-refractivity contribution in [2.24, 2.45) is 0 Å². The topological polar surface area (TPSA) is 46.5 Å². The first-order valence-electron chi connectivity index (χ1n) is 8.98. The maximum Gasteiger partial charge on any atom is 0.328 e. The Morgan fingerprint density at radius 3 is 2.22 bits per heavy atom. The molecule has 1 atom stereocenters. The predicted octanol–water partition coefficient (Wildman–Crippen LogP) is 5.54. The Morgan fingerprint density at radius 2 is 1.52 bits per heavy atom. The number of hydrogen-bond acceptors (Lipinski definition) is 2. The number of hydrogen-bond donors (Lipinski definition) is 1. The highest BCUT2D eigenvalue weighted by atomic mass is 16.5. The SMILES string of the molecule is O=C(O)/C=C/c1ccccc1.c1ccc(C2CCc3ccccc3O2)cc1. The van der Waals surface area contributed by atoms with Crippen LogP contribution in [0, 0.1) is 0 Å². The van der Waals surface area contributed by atoms with Crippen molar-refractivity contribution in [1.29, 1.82) is 0 Å². The smallest absolute Gasteiger partial charge is 0.328 e. The van der Waals surface area contributed by atoms with E-state index in [9.17, 15) is 4.79 Å². The molecule has 1 aliphatic heterocycles. The third kappa shape index (κ3) is 5.58. The zero-order chi connectivity index (χ0) is 18.9. The van der Waals surface area contributed by atoms with Gasteiger partial charge in [0.05, 0.1) is 0 Å². The van der Waals surface area contributed by atoms with Crippen molar-refractivity contribution in [2.75, 3.05) is 0 Å². The van der Waals surface area contributed by atoms with Crippen LogP contribution in [0.15, 0.2) is 91.0 Å². The molecule has 27 heavy (non-hydrogen) atoms. The third-order valence-electron chi connectivity index (χ3n) is 4.31. The lowest BCUT2D eigenvalue weighted by atomic mass is 9.98. The number of benzene rings is 3. The summed E-state index contributed by atoms with van der Waals surface area (Å²) in [6.07, 6.45) is 5.07. The summed E-state index contributed by atoms with van der Waals surface area (Å²) in [5.74, 6) is 0.122. The van der Waals surface area contributed by atoms with Gasteiger partial charge in [0.15, 0.2) is 0 Å². The van der Waals surface area contributed by atoms with Crippen LogP contribution in [0.3, 0.4) is 0 Å². The fourth-order valence-electron chi connectivity index (χ4n) is 2.96. The molecule has 1 heterocycles. The van der Waals surface area contributed by atoms with Crippen molar-refractivity contribution < 1.29 is 14.6 Å². The summed E-state index contributed by atoms with van der Waals surface area (Å²) >= 11 is 0. The Labute approximate surface area is 159 Å². The number of aliphatic carboxylic acids is 1. The van der Waals surface area contributed by atoms with Crippen LogP contribution >= 0.6 is 0 Å². The van der Waals surface area contributed by atoms with Crippen molar-refractivity contribution in [1.82, 2.24) is 0 Å². The quantitative estimate of drug-likeness (QED) is 0.626. The van der Waals surface area contributed by atoms with E-state index in [2.05, 4.69) is 42.5 Å². The van der Waals surface area contributed by atoms with Gasteiger partial charge in [0.1, 0.15) is 11.9 Å². The number of para-hydroxylation sites is 1. The number of rotatable bonds is 3. The number of fused-ring (bicyclic) bond motifs is 1. The van der Waals surface area contributed by atoms with E-state index < -0.39 is 5.97 Å². The molecule has 3 aromatic carbocycles. The van der Waals surface area contributed by atoms with Crippen LogP contribution in [-0.2, 0) is 11.2 Å². The maximum atomic E-state index is 10.1. The first kappa shape index (κ1) is 18.5. The van der Waals surface area contributed by atoms with Gasteiger partial charge in [-0.2, -0.15) is 0 Å². The van der Waals surface area contributed by atoms with E-state index in [1.165, 1.54) is 11.1 Å². The Balaban J connectivity index is 0.000000168. The average Bonchev–Trinajstić information content (AvgIpc) is 2.74. The second-order valence-corrected chi connectivity index (χ2v) is 6.25. The molecule has 0 fully saturated rings. The zero-order valence-electron chi connectivity index (χ0n) is 15.0. The highest BCUT2D eigenvalue weighted by molar-refractivity contribution is 5.85. The van der Waals surface area contributed by atoms with Gasteiger partial charge >= 0.3 is 5.97 Å². The Hall–Kier alpha value is -3.33. The largest absolute Gasteiger partial charge is 0.485 e. The van der Waals surface area contributed by atoms with Gasteiger partial charge in [0.25, 0.3) is 0 Å². The van der Waals surface area contributed by atoms with Crippen LogP contribution < -0.4 is 4.74 Å². The third-order valence-corrected chi connectivity index (χ3v) is 4.31. The highest BCUT2D eigenvalue weighted by Gasteiger charge is 2.20. The fourth-order valence-corrected chi connectivity index (χ4v) is 2.96. The lowest BCUT2D eigenvalue weighted by Gasteiger charge is -2.26. The van der Waals surface area contributed by atoms with E-state index in [-0.39, 0.29) is 6.10 Å². The molecule has 0 saturated carbocycles. The minimum absolute atomic E-state index is 0.219. The average molecular weight is 358 g/mol. The molecule has 0 aliphatic carbocycles. The monoisotopic (exact) mass is 358 g/mol. The molecule has 0 saturated heterocycles. The van der Waals surface area contributed by atoms with Gasteiger partial charge in [0.2, 0.25) is 0 Å². The van der Waals surface area contributed by atoms with Gasteiger partial charge < -0.3 is 9.84 Å². The van der Waals surface area contributed by atoms with Gasteiger partial charge in [-0.05, 0) is 41.7 Å². The zero-order valence-corrected chi connectivity index (χ0v) is 15.0. The van der Waals surface area contributed by atoms with Crippen molar-refractivity contribution in [3.63, 3.8) is 0 Å². The fraction of sp³-hybridized carbons (Fsp3) is 0.125. The van der Waals surface area contributed by atoms with E-state index in [1.807, 2.05) is 42.5 Å². The summed E-state index contributed by atoms with van der Waals surface area (Å²) < 4.78 is 6.02. The van der Waals surface area contributed by atoms with Crippen LogP contribution in [0.5, 0.6) is 5.75 Å². The molecule has 0 radical (unpaired) electrons. The molecule has 3 nitrogen and oxygen atoms in total. The minimum Gasteiger partial charge on any atom is -0.485 e. The first-order chi connectivity index (χ1) is 13.2. The van der Waals surface area contributed by atoms with Crippen molar-refractivity contribution in [3.05, 3.63) is 108 Å². The minimum atomic E-state index is -0.922. The molecular formula is C24H22O3. The van der Waals surface area contributed by atoms with Gasteiger partial charge in [-0.15, -0.1) is 0 Å². The Morgan fingerprint density at radius 1 is 0.889 bits per heavy atom. The number of aryl methyl sites for hydroxylation is 1. The van der Waals surface area contributed by atoms with E-state index in [1.54, 1.807) is 6.08 Å². The van der Waals surface area contributed by atoms with Crippen molar-refractivity contribution >= 4 is 12.0 Å². The highest BCUT2D eigenvalue weighted by Crippen LogP contribution is 2.34. The summed E-state index contributed by atoms with van der Waals surface area (Å²) in [7, 11) is 0. The molecule has 0 amide bonds. The summed E-state index contributed by atoms with van der Waals surface area (Å²) in [6, 6.07) is 28.1. The van der Waals surface area contributed by atoms with Gasteiger partial charge in [-0.25, -0.2) is 4.79 Å². The van der Waals surface area contributed by atoms with Crippen LogP contribution in [0.2, 0.25) is 0 Å². The van der Waals surface area contributed by atoms with Gasteiger partial charge in [-0.3, -0.25) is 0 Å². The molecule has 1 N–H and O–H groups in total. The molecule has 1 aliphatic rings. The van der Waals surface area contributed by atoms with Crippen LogP contribution in [0.4, 0.5) is 0 Å². The molecular weight excluding hydrogens is 336 g/mol. The molecule has 0 bridgehead atoms. The van der Waals surface area contributed by atoms with Crippen molar-refractivity contribution in [2.45, 2.75) is 18.9 Å². The predicted molar refractivity (Wildman–Crippen MR) is 108 cm³/mol. The van der Waals surface area contributed by atoms with E-state index in [4.69, 9.17) is 9.84 Å². The summed E-state index contributed by atoms with van der Waals surface area (Å²) in [4.78, 5) is 10.1. The van der Waals surface area contributed by atoms with E-state index in [0.717, 1.165) is 30.2 Å². The molecule has 0 aromatic heterocycles. The summed E-state index contributed by atoms with van der Waals surface area (Å²) in [6.45, 7) is 0. The Bertz CT molecular complexity index is 886. The standard InChI is InChI=1S/C15H14O.C9H8O2/c1-2-6-12(7-3-1)15-11-10-13-8-4-5-9-14(13)16-15;10-9(11)7-6-8-4-2-1-3-5-8/h1-9,15H,10-11H2;1-7H,(H,10,11)/b;7-6+. The van der Waals surface area contributed by atoms with Crippen LogP contribution in [0.1, 0.15) is 29.2 Å². The second-order valence-electron chi connectivity index (χ2n) is 6.25. The number of carbonyl (C=O) groups is 1. The van der Waals surface area contributed by atoms with E-state index in [0.29, 0.717) is 0 Å². The van der Waals surface area contributed by atoms with Gasteiger partial charge in [-0.1, -0.05) is 78.9 Å². The molecule has 0 spiro atoms. The Kier molecular flexibility index (Phi) is 6.42. The summed E-state index contributed by atoms with van der Waals surface area (Å²) in [5, 5.41) is 8.29. The molecule has 136 valence electrons. The number of ether oxygens (including phenoxy) is 1. The van der Waals surface area contributed by atoms with Gasteiger partial charge in [0, 0.05) is 6.08 Å². The lowest BCUT2D eigenvalue weighted by Crippen LogP contribution is -2.14.